The van der Waals surface area contributed by atoms with Crippen LogP contribution in [0.1, 0.15) is 49.0 Å². The van der Waals surface area contributed by atoms with E-state index in [1.54, 1.807) is 36.0 Å². The monoisotopic (exact) mass is 424 g/mol. The van der Waals surface area contributed by atoms with Gasteiger partial charge in [0.15, 0.2) is 6.10 Å². The van der Waals surface area contributed by atoms with E-state index in [9.17, 15) is 9.59 Å². The van der Waals surface area contributed by atoms with Crippen LogP contribution in [0.5, 0.6) is 11.5 Å². The summed E-state index contributed by atoms with van der Waals surface area (Å²) in [5, 5.41) is 0. The first-order valence-corrected chi connectivity index (χ1v) is 10.9. The van der Waals surface area contributed by atoms with E-state index in [1.165, 1.54) is 0 Å². The van der Waals surface area contributed by atoms with Crippen molar-refractivity contribution in [3.05, 3.63) is 59.7 Å². The van der Waals surface area contributed by atoms with Gasteiger partial charge in [0.1, 0.15) is 11.5 Å². The normalized spacial score (nSPS) is 15.4. The maximum Gasteiger partial charge on any atom is 0.263 e. The molecule has 6 nitrogen and oxygen atoms in total. The summed E-state index contributed by atoms with van der Waals surface area (Å²) in [7, 11) is 1.56. The predicted octanol–water partition coefficient (Wildman–Crippen LogP) is 3.96. The first kappa shape index (κ1) is 22.7. The van der Waals surface area contributed by atoms with Crippen molar-refractivity contribution in [3.8, 4) is 11.5 Å². The van der Waals surface area contributed by atoms with E-state index in [2.05, 4.69) is 13.8 Å². The SMILES string of the molecule is COc1ccccc1C(=O)N1CCCN(C(=O)C(C)Oc2ccccc2C(C)C)CC1. The van der Waals surface area contributed by atoms with Crippen molar-refractivity contribution in [1.82, 2.24) is 9.80 Å². The minimum absolute atomic E-state index is 0.0508. The van der Waals surface area contributed by atoms with E-state index < -0.39 is 6.10 Å². The maximum atomic E-state index is 13.1. The molecule has 0 bridgehead atoms. The van der Waals surface area contributed by atoms with Gasteiger partial charge in [0.25, 0.3) is 11.8 Å². The van der Waals surface area contributed by atoms with Crippen molar-refractivity contribution in [2.24, 2.45) is 0 Å². The summed E-state index contributed by atoms with van der Waals surface area (Å²) in [5.74, 6) is 1.51. The molecule has 1 saturated heterocycles. The van der Waals surface area contributed by atoms with Gasteiger partial charge in [-0.2, -0.15) is 0 Å². The van der Waals surface area contributed by atoms with Gasteiger partial charge in [0.2, 0.25) is 0 Å². The number of hydrogen-bond acceptors (Lipinski definition) is 4. The largest absolute Gasteiger partial charge is 0.496 e. The highest BCUT2D eigenvalue weighted by atomic mass is 16.5. The minimum atomic E-state index is -0.587. The smallest absolute Gasteiger partial charge is 0.263 e. The fraction of sp³-hybridized carbons (Fsp3) is 0.440. The summed E-state index contributed by atoms with van der Waals surface area (Å²) >= 11 is 0. The minimum Gasteiger partial charge on any atom is -0.496 e. The molecule has 2 amide bonds. The standard InChI is InChI=1S/C25H32N2O4/c1-18(2)20-10-5-8-13-23(20)31-19(3)24(28)26-14-9-15-27(17-16-26)25(29)21-11-6-7-12-22(21)30-4/h5-8,10-13,18-19H,9,14-17H2,1-4H3. The average Bonchev–Trinajstić information content (AvgIpc) is 3.04. The summed E-state index contributed by atoms with van der Waals surface area (Å²) in [6, 6.07) is 15.1. The van der Waals surface area contributed by atoms with Crippen molar-refractivity contribution in [2.45, 2.75) is 39.2 Å². The molecule has 1 fully saturated rings. The summed E-state index contributed by atoms with van der Waals surface area (Å²) in [6.07, 6.45) is 0.137. The zero-order valence-corrected chi connectivity index (χ0v) is 18.8. The topological polar surface area (TPSA) is 59.1 Å². The van der Waals surface area contributed by atoms with Gasteiger partial charge in [-0.3, -0.25) is 9.59 Å². The Kier molecular flexibility index (Phi) is 7.55. The third-order valence-electron chi connectivity index (χ3n) is 5.62. The molecule has 166 valence electrons. The van der Waals surface area contributed by atoms with Crippen LogP contribution in [-0.2, 0) is 4.79 Å². The number of carbonyl (C=O) groups is 2. The lowest BCUT2D eigenvalue weighted by molar-refractivity contribution is -0.137. The summed E-state index contributed by atoms with van der Waals surface area (Å²) < 4.78 is 11.4. The molecule has 1 heterocycles. The molecule has 1 atom stereocenters. The fourth-order valence-electron chi connectivity index (χ4n) is 3.90. The Balaban J connectivity index is 1.64. The molecular formula is C25H32N2O4. The molecule has 0 N–H and O–H groups in total. The molecule has 0 aliphatic carbocycles. The van der Waals surface area contributed by atoms with Gasteiger partial charge in [0, 0.05) is 26.2 Å². The van der Waals surface area contributed by atoms with Crippen LogP contribution >= 0.6 is 0 Å². The van der Waals surface area contributed by atoms with Gasteiger partial charge in [0.05, 0.1) is 12.7 Å². The van der Waals surface area contributed by atoms with Crippen LogP contribution in [0.2, 0.25) is 0 Å². The van der Waals surface area contributed by atoms with Crippen LogP contribution in [0.15, 0.2) is 48.5 Å². The lowest BCUT2D eigenvalue weighted by Gasteiger charge is -2.26. The summed E-state index contributed by atoms with van der Waals surface area (Å²) in [6.45, 7) is 8.19. The van der Waals surface area contributed by atoms with Gasteiger partial charge < -0.3 is 19.3 Å². The van der Waals surface area contributed by atoms with Crippen molar-refractivity contribution >= 4 is 11.8 Å². The van der Waals surface area contributed by atoms with Crippen molar-refractivity contribution < 1.29 is 19.1 Å². The Labute approximate surface area is 184 Å². The Morgan fingerprint density at radius 2 is 1.45 bits per heavy atom. The molecule has 0 spiro atoms. The number of ether oxygens (including phenoxy) is 2. The fourth-order valence-corrected chi connectivity index (χ4v) is 3.90. The maximum absolute atomic E-state index is 13.1. The molecule has 1 aliphatic heterocycles. The van der Waals surface area contributed by atoms with Crippen LogP contribution in [0.4, 0.5) is 0 Å². The number of methoxy groups -OCH3 is 1. The molecule has 0 radical (unpaired) electrons. The molecule has 0 aromatic heterocycles. The molecule has 1 unspecified atom stereocenters. The Morgan fingerprint density at radius 1 is 0.839 bits per heavy atom. The van der Waals surface area contributed by atoms with E-state index >= 15 is 0 Å². The zero-order valence-electron chi connectivity index (χ0n) is 18.8. The van der Waals surface area contributed by atoms with Gasteiger partial charge in [-0.15, -0.1) is 0 Å². The molecule has 3 rings (SSSR count). The molecule has 0 saturated carbocycles. The highest BCUT2D eigenvalue weighted by Gasteiger charge is 2.27. The van der Waals surface area contributed by atoms with Crippen LogP contribution in [0.25, 0.3) is 0 Å². The van der Waals surface area contributed by atoms with E-state index in [0.29, 0.717) is 43.4 Å². The second-order valence-corrected chi connectivity index (χ2v) is 8.12. The van der Waals surface area contributed by atoms with Crippen LogP contribution in [0, 0.1) is 0 Å². The van der Waals surface area contributed by atoms with Gasteiger partial charge >= 0.3 is 0 Å². The van der Waals surface area contributed by atoms with E-state index in [1.807, 2.05) is 36.4 Å². The lowest BCUT2D eigenvalue weighted by Crippen LogP contribution is -2.43. The molecule has 31 heavy (non-hydrogen) atoms. The van der Waals surface area contributed by atoms with E-state index in [-0.39, 0.29) is 11.8 Å². The quantitative estimate of drug-likeness (QED) is 0.704. The highest BCUT2D eigenvalue weighted by molar-refractivity contribution is 5.97. The van der Waals surface area contributed by atoms with Gasteiger partial charge in [-0.1, -0.05) is 44.2 Å². The highest BCUT2D eigenvalue weighted by Crippen LogP contribution is 2.27. The lowest BCUT2D eigenvalue weighted by atomic mass is 10.0. The first-order chi connectivity index (χ1) is 14.9. The summed E-state index contributed by atoms with van der Waals surface area (Å²) in [5.41, 5.74) is 1.64. The summed E-state index contributed by atoms with van der Waals surface area (Å²) in [4.78, 5) is 29.7. The van der Waals surface area contributed by atoms with E-state index in [4.69, 9.17) is 9.47 Å². The molecule has 6 heteroatoms. The molecule has 2 aromatic rings. The van der Waals surface area contributed by atoms with E-state index in [0.717, 1.165) is 17.7 Å². The second kappa shape index (κ2) is 10.3. The second-order valence-electron chi connectivity index (χ2n) is 8.12. The van der Waals surface area contributed by atoms with Crippen molar-refractivity contribution in [2.75, 3.05) is 33.3 Å². The third-order valence-corrected chi connectivity index (χ3v) is 5.62. The number of rotatable bonds is 6. The number of amides is 2. The average molecular weight is 425 g/mol. The van der Waals surface area contributed by atoms with Crippen LogP contribution < -0.4 is 9.47 Å². The Bertz CT molecular complexity index is 912. The molecular weight excluding hydrogens is 392 g/mol. The van der Waals surface area contributed by atoms with Gasteiger partial charge in [-0.05, 0) is 43.0 Å². The number of nitrogens with zero attached hydrogens (tertiary/aromatic N) is 2. The Hall–Kier alpha value is -3.02. The van der Waals surface area contributed by atoms with Crippen molar-refractivity contribution in [3.63, 3.8) is 0 Å². The number of benzene rings is 2. The number of carbonyl (C=O) groups excluding carboxylic acids is 2. The zero-order chi connectivity index (χ0) is 22.4. The molecule has 2 aromatic carbocycles. The Morgan fingerprint density at radius 3 is 2.16 bits per heavy atom. The number of hydrogen-bond donors (Lipinski definition) is 0. The van der Waals surface area contributed by atoms with Gasteiger partial charge in [-0.25, -0.2) is 0 Å². The molecule has 1 aliphatic rings. The van der Waals surface area contributed by atoms with Crippen LogP contribution in [0.3, 0.4) is 0 Å². The number of para-hydroxylation sites is 2. The third kappa shape index (κ3) is 5.37. The van der Waals surface area contributed by atoms with Crippen molar-refractivity contribution in [1.29, 1.82) is 0 Å². The first-order valence-electron chi connectivity index (χ1n) is 10.9. The predicted molar refractivity (Wildman–Crippen MR) is 121 cm³/mol. The van der Waals surface area contributed by atoms with Crippen LogP contribution in [-0.4, -0.2) is 61.0 Å².